The Labute approximate surface area is 196 Å². The molecule has 0 aromatic rings. The van der Waals surface area contributed by atoms with Gasteiger partial charge in [0, 0.05) is 13.0 Å². The maximum absolute atomic E-state index is 12.8. The van der Waals surface area contributed by atoms with Crippen LogP contribution in [-0.2, 0) is 24.0 Å². The van der Waals surface area contributed by atoms with Crippen molar-refractivity contribution in [2.24, 2.45) is 27.9 Å². The van der Waals surface area contributed by atoms with E-state index in [2.05, 4.69) is 20.9 Å². The molecular weight excluding hydrogens is 456 g/mol. The zero-order valence-electron chi connectivity index (χ0n) is 18.5. The lowest BCUT2D eigenvalue weighted by Gasteiger charge is -2.24. The maximum Gasteiger partial charge on any atom is 0.322 e. The highest BCUT2D eigenvalue weighted by Crippen LogP contribution is 2.05. The Morgan fingerprint density at radius 2 is 1.55 bits per heavy atom. The number of nitrogens with one attached hydrogen (secondary N) is 3. The number of nitrogens with two attached hydrogens (primary N) is 4. The molecule has 3 unspecified atom stereocenters. The van der Waals surface area contributed by atoms with Gasteiger partial charge in [-0.25, -0.2) is 0 Å². The Morgan fingerprint density at radius 3 is 2.09 bits per heavy atom. The van der Waals surface area contributed by atoms with Crippen LogP contribution in [0.4, 0.5) is 0 Å². The summed E-state index contributed by atoms with van der Waals surface area (Å²) in [6, 6.07) is -3.18. The molecule has 0 rings (SSSR count). The summed E-state index contributed by atoms with van der Waals surface area (Å²) >= 11 is 1.50. The van der Waals surface area contributed by atoms with Gasteiger partial charge in [-0.15, -0.1) is 0 Å². The fourth-order valence-electron chi connectivity index (χ4n) is 2.54. The molecule has 0 aliphatic rings. The smallest absolute Gasteiger partial charge is 0.322 e. The van der Waals surface area contributed by atoms with Crippen LogP contribution in [0.5, 0.6) is 0 Å². The molecule has 0 spiro atoms. The van der Waals surface area contributed by atoms with Crippen molar-refractivity contribution in [1.82, 2.24) is 16.0 Å². The van der Waals surface area contributed by atoms with Gasteiger partial charge in [-0.1, -0.05) is 0 Å². The molecule has 12 N–H and O–H groups in total. The molecule has 0 saturated heterocycles. The molecule has 0 bridgehead atoms. The first-order chi connectivity index (χ1) is 15.5. The molecule has 33 heavy (non-hydrogen) atoms. The molecular formula is C18H34N8O6S. The average molecular weight is 491 g/mol. The highest BCUT2D eigenvalue weighted by Gasteiger charge is 2.28. The molecule has 0 aromatic carbocycles. The van der Waals surface area contributed by atoms with Crippen molar-refractivity contribution in [2.75, 3.05) is 25.1 Å². The number of aliphatic carboxylic acids is 1. The van der Waals surface area contributed by atoms with Crippen molar-refractivity contribution in [2.45, 2.75) is 50.2 Å². The number of hydrogen-bond donors (Lipinski definition) is 8. The maximum atomic E-state index is 12.8. The first-order valence-electron chi connectivity index (χ1n) is 10.2. The van der Waals surface area contributed by atoms with Crippen molar-refractivity contribution < 1.29 is 29.1 Å². The minimum absolute atomic E-state index is 0.0810. The Bertz CT molecular complexity index is 716. The predicted molar refractivity (Wildman–Crippen MR) is 124 cm³/mol. The van der Waals surface area contributed by atoms with Gasteiger partial charge in [0.1, 0.15) is 18.6 Å². The summed E-state index contributed by atoms with van der Waals surface area (Å²) in [7, 11) is 0. The van der Waals surface area contributed by atoms with E-state index in [1.54, 1.807) is 0 Å². The highest BCUT2D eigenvalue weighted by atomic mass is 32.2. The lowest BCUT2D eigenvalue weighted by Crippen LogP contribution is -2.56. The normalized spacial score (nSPS) is 13.2. The van der Waals surface area contributed by atoms with Crippen LogP contribution < -0.4 is 38.9 Å². The van der Waals surface area contributed by atoms with Crippen LogP contribution in [0.15, 0.2) is 4.99 Å². The second-order valence-electron chi connectivity index (χ2n) is 7.08. The number of carboxylic acid groups (broad SMARTS) is 1. The number of carbonyl (C=O) groups excluding carboxylic acids is 4. The lowest BCUT2D eigenvalue weighted by molar-refractivity contribution is -0.138. The number of carboxylic acids is 1. The third-order valence-corrected chi connectivity index (χ3v) is 4.92. The number of guanidine groups is 1. The first kappa shape index (κ1) is 29.9. The topological polar surface area (TPSA) is 258 Å². The van der Waals surface area contributed by atoms with Gasteiger partial charge >= 0.3 is 5.97 Å². The third-order valence-electron chi connectivity index (χ3n) is 4.27. The van der Waals surface area contributed by atoms with Crippen LogP contribution in [0.25, 0.3) is 0 Å². The van der Waals surface area contributed by atoms with Gasteiger partial charge in [0.05, 0.1) is 6.04 Å². The van der Waals surface area contributed by atoms with Crippen molar-refractivity contribution in [3.63, 3.8) is 0 Å². The standard InChI is InChI=1S/C18H34N8O6S/c1-33-8-6-10(19)15(30)25-12(4-5-13(20)27)17(32)26-11(3-2-7-23-18(21)22)16(31)24-9-14(28)29/h10-12H,2-9,19H2,1H3,(H2,20,27)(H,24,31)(H,25,30)(H,26,32)(H,28,29)(H4,21,22,23). The van der Waals surface area contributed by atoms with Crippen molar-refractivity contribution in [3.8, 4) is 0 Å². The van der Waals surface area contributed by atoms with Gasteiger partial charge in [0.2, 0.25) is 23.6 Å². The molecule has 4 amide bonds. The minimum Gasteiger partial charge on any atom is -0.480 e. The van der Waals surface area contributed by atoms with E-state index in [0.717, 1.165) is 0 Å². The van der Waals surface area contributed by atoms with Crippen molar-refractivity contribution in [3.05, 3.63) is 0 Å². The van der Waals surface area contributed by atoms with E-state index in [1.807, 2.05) is 6.26 Å². The number of hydrogen-bond acceptors (Lipinski definition) is 8. The predicted octanol–water partition coefficient (Wildman–Crippen LogP) is -3.44. The minimum atomic E-state index is -1.26. The number of thioether (sulfide) groups is 1. The van der Waals surface area contributed by atoms with Crippen LogP contribution in [0.3, 0.4) is 0 Å². The summed E-state index contributed by atoms with van der Waals surface area (Å²) in [4.78, 5) is 63.3. The molecule has 0 aromatic heterocycles. The number of nitrogens with zero attached hydrogens (tertiary/aromatic N) is 1. The quantitative estimate of drug-likeness (QED) is 0.0568. The number of amides is 4. The van der Waals surface area contributed by atoms with Gasteiger partial charge in [-0.3, -0.25) is 29.0 Å². The molecule has 0 radical (unpaired) electrons. The summed E-state index contributed by atoms with van der Waals surface area (Å²) in [6.45, 7) is -0.474. The molecule has 15 heteroatoms. The van der Waals surface area contributed by atoms with Gasteiger partial charge in [-0.05, 0) is 37.7 Å². The van der Waals surface area contributed by atoms with E-state index in [9.17, 15) is 24.0 Å². The molecule has 0 saturated carbocycles. The zero-order chi connectivity index (χ0) is 25.4. The van der Waals surface area contributed by atoms with Crippen LogP contribution in [0.2, 0.25) is 0 Å². The van der Waals surface area contributed by atoms with E-state index in [4.69, 9.17) is 28.0 Å². The SMILES string of the molecule is CSCCC(N)C(=O)NC(CCC(N)=O)C(=O)NC(CCCN=C(N)N)C(=O)NCC(=O)O. The van der Waals surface area contributed by atoms with E-state index < -0.39 is 54.3 Å². The van der Waals surface area contributed by atoms with Crippen LogP contribution in [0, 0.1) is 0 Å². The van der Waals surface area contributed by atoms with E-state index in [-0.39, 0.29) is 31.8 Å². The summed E-state index contributed by atoms with van der Waals surface area (Å²) < 4.78 is 0. The zero-order valence-corrected chi connectivity index (χ0v) is 19.4. The molecule has 0 heterocycles. The Morgan fingerprint density at radius 1 is 0.939 bits per heavy atom. The van der Waals surface area contributed by atoms with Gasteiger partial charge in [0.25, 0.3) is 0 Å². The molecule has 0 aliphatic heterocycles. The summed E-state index contributed by atoms with van der Waals surface area (Å²) in [6.07, 6.45) is 2.30. The second kappa shape index (κ2) is 16.5. The van der Waals surface area contributed by atoms with Crippen molar-refractivity contribution in [1.29, 1.82) is 0 Å². The van der Waals surface area contributed by atoms with Gasteiger partial charge < -0.3 is 44.0 Å². The molecule has 0 aliphatic carbocycles. The Hall–Kier alpha value is -3.07. The average Bonchev–Trinajstić information content (AvgIpc) is 2.74. The molecule has 0 fully saturated rings. The fraction of sp³-hybridized carbons (Fsp3) is 0.667. The van der Waals surface area contributed by atoms with Crippen LogP contribution in [-0.4, -0.2) is 83.9 Å². The van der Waals surface area contributed by atoms with Gasteiger partial charge in [-0.2, -0.15) is 11.8 Å². The van der Waals surface area contributed by atoms with Gasteiger partial charge in [0.15, 0.2) is 5.96 Å². The molecule has 14 nitrogen and oxygen atoms in total. The number of carbonyl (C=O) groups is 5. The Kier molecular flexibility index (Phi) is 15.0. The van der Waals surface area contributed by atoms with E-state index in [0.29, 0.717) is 18.6 Å². The number of rotatable bonds is 17. The molecule has 188 valence electrons. The number of aliphatic imine (C=N–C) groups is 1. The largest absolute Gasteiger partial charge is 0.480 e. The number of primary amides is 1. The second-order valence-corrected chi connectivity index (χ2v) is 8.06. The lowest BCUT2D eigenvalue weighted by atomic mass is 10.1. The summed E-state index contributed by atoms with van der Waals surface area (Å²) in [5.74, 6) is -3.53. The van der Waals surface area contributed by atoms with E-state index in [1.165, 1.54) is 11.8 Å². The highest BCUT2D eigenvalue weighted by molar-refractivity contribution is 7.98. The van der Waals surface area contributed by atoms with E-state index >= 15 is 0 Å². The van der Waals surface area contributed by atoms with Crippen molar-refractivity contribution >= 4 is 47.3 Å². The summed E-state index contributed by atoms with van der Waals surface area (Å²) in [5, 5.41) is 15.9. The Balaban J connectivity index is 5.34. The molecule has 3 atom stereocenters. The van der Waals surface area contributed by atoms with Crippen LogP contribution >= 0.6 is 11.8 Å². The third kappa shape index (κ3) is 14.6. The monoisotopic (exact) mass is 490 g/mol. The first-order valence-corrected chi connectivity index (χ1v) is 11.6. The van der Waals surface area contributed by atoms with Crippen LogP contribution in [0.1, 0.15) is 32.1 Å². The summed E-state index contributed by atoms with van der Waals surface area (Å²) in [5.41, 5.74) is 21.5. The fourth-order valence-corrected chi connectivity index (χ4v) is 3.03.